The molecule has 19 heavy (non-hydrogen) atoms. The van der Waals surface area contributed by atoms with Gasteiger partial charge in [-0.25, -0.2) is 8.42 Å². The lowest BCUT2D eigenvalue weighted by Gasteiger charge is -2.40. The number of thioether (sulfide) groups is 1. The van der Waals surface area contributed by atoms with Crippen LogP contribution in [-0.2, 0) is 14.6 Å². The summed E-state index contributed by atoms with van der Waals surface area (Å²) in [4.78, 5) is 14.1. The van der Waals surface area contributed by atoms with Crippen LogP contribution in [0.3, 0.4) is 0 Å². The first kappa shape index (κ1) is 16.7. The maximum atomic E-state index is 12.1. The van der Waals surface area contributed by atoms with Crippen LogP contribution < -0.4 is 5.73 Å². The highest BCUT2D eigenvalue weighted by atomic mass is 32.2. The van der Waals surface area contributed by atoms with E-state index in [2.05, 4.69) is 0 Å². The first-order valence-corrected chi connectivity index (χ1v) is 9.55. The molecule has 0 aliphatic carbocycles. The van der Waals surface area contributed by atoms with Crippen LogP contribution in [0.25, 0.3) is 0 Å². The van der Waals surface area contributed by atoms with Crippen LogP contribution in [0.5, 0.6) is 0 Å². The van der Waals surface area contributed by atoms with E-state index in [9.17, 15) is 13.2 Å². The van der Waals surface area contributed by atoms with E-state index < -0.39 is 15.1 Å². The number of rotatable bonds is 4. The smallest absolute Gasteiger partial charge is 0.240 e. The number of amides is 1. The van der Waals surface area contributed by atoms with Crippen molar-refractivity contribution >= 4 is 44.7 Å². The van der Waals surface area contributed by atoms with Gasteiger partial charge in [-0.3, -0.25) is 4.79 Å². The number of carbonyl (C=O) groups excluding carboxylic acids is 1. The van der Waals surface area contributed by atoms with Gasteiger partial charge in [0.15, 0.2) is 9.84 Å². The average molecular weight is 324 g/mol. The van der Waals surface area contributed by atoms with Gasteiger partial charge < -0.3 is 10.6 Å². The second-order valence-corrected chi connectivity index (χ2v) is 8.86. The largest absolute Gasteiger partial charge is 0.392 e. The van der Waals surface area contributed by atoms with Crippen LogP contribution in [0.1, 0.15) is 19.8 Å². The molecule has 8 heteroatoms. The number of hydrogen-bond acceptors (Lipinski definition) is 5. The fraction of sp³-hybridized carbons (Fsp3) is 0.818. The first-order valence-electron chi connectivity index (χ1n) is 5.97. The van der Waals surface area contributed by atoms with E-state index >= 15 is 0 Å². The van der Waals surface area contributed by atoms with Gasteiger partial charge in [0.05, 0.1) is 9.74 Å². The van der Waals surface area contributed by atoms with Crippen LogP contribution >= 0.6 is 24.0 Å². The molecule has 2 N–H and O–H groups in total. The molecular weight excluding hydrogens is 304 g/mol. The molecule has 1 amide bonds. The average Bonchev–Trinajstić information content (AvgIpc) is 2.35. The van der Waals surface area contributed by atoms with E-state index in [1.165, 1.54) is 6.92 Å². The third-order valence-electron chi connectivity index (χ3n) is 3.71. The maximum absolute atomic E-state index is 12.1. The summed E-state index contributed by atoms with van der Waals surface area (Å²) in [7, 11) is -3.35. The summed E-state index contributed by atoms with van der Waals surface area (Å²) in [5.41, 5.74) is 5.77. The predicted molar refractivity (Wildman–Crippen MR) is 83.2 cm³/mol. The standard InChI is InChI=1S/C11H20N2O3S3/c1-8(19(3,15)16)9(14)13-6-4-11(18-2,5-7-13)10(12)17/h8H,4-7H2,1-3H3,(H2,12,17). The van der Waals surface area contributed by atoms with Gasteiger partial charge in [0.2, 0.25) is 5.91 Å². The van der Waals surface area contributed by atoms with Crippen LogP contribution in [0.15, 0.2) is 0 Å². The van der Waals surface area contributed by atoms with Crippen LogP contribution in [0, 0.1) is 0 Å². The van der Waals surface area contributed by atoms with Crippen LogP contribution in [-0.4, -0.2) is 59.8 Å². The van der Waals surface area contributed by atoms with Gasteiger partial charge in [-0.2, -0.15) is 11.8 Å². The van der Waals surface area contributed by atoms with E-state index in [0.29, 0.717) is 30.9 Å². The maximum Gasteiger partial charge on any atom is 0.240 e. The molecule has 1 aliphatic heterocycles. The number of likely N-dealkylation sites (tertiary alicyclic amines) is 1. The number of nitrogens with two attached hydrogens (primary N) is 1. The highest BCUT2D eigenvalue weighted by Crippen LogP contribution is 2.35. The molecule has 5 nitrogen and oxygen atoms in total. The number of nitrogens with zero attached hydrogens (tertiary/aromatic N) is 1. The van der Waals surface area contributed by atoms with Crippen molar-refractivity contribution in [2.75, 3.05) is 25.6 Å². The minimum Gasteiger partial charge on any atom is -0.392 e. The lowest BCUT2D eigenvalue weighted by Crippen LogP contribution is -2.53. The normalized spacial score (nSPS) is 20.9. The predicted octanol–water partition coefficient (Wildman–Crippen LogP) is 0.430. The molecule has 1 fully saturated rings. The van der Waals surface area contributed by atoms with Crippen molar-refractivity contribution in [1.82, 2.24) is 4.90 Å². The molecular formula is C11H20N2O3S3. The minimum atomic E-state index is -3.35. The van der Waals surface area contributed by atoms with Crippen molar-refractivity contribution in [3.05, 3.63) is 0 Å². The molecule has 1 heterocycles. The van der Waals surface area contributed by atoms with Crippen molar-refractivity contribution in [3.8, 4) is 0 Å². The number of thiocarbonyl (C=S) groups is 1. The Bertz CT molecular complexity index is 468. The molecule has 110 valence electrons. The number of carbonyl (C=O) groups is 1. The Kier molecular flexibility index (Phi) is 5.25. The number of piperidine rings is 1. The number of sulfone groups is 1. The van der Waals surface area contributed by atoms with E-state index in [1.807, 2.05) is 6.26 Å². The summed E-state index contributed by atoms with van der Waals surface area (Å²) >= 11 is 6.71. The summed E-state index contributed by atoms with van der Waals surface area (Å²) in [5, 5.41) is -0.987. The highest BCUT2D eigenvalue weighted by Gasteiger charge is 2.39. The molecule has 0 aromatic heterocycles. The Balaban J connectivity index is 2.74. The van der Waals surface area contributed by atoms with Gasteiger partial charge in [0.1, 0.15) is 5.25 Å². The quantitative estimate of drug-likeness (QED) is 0.755. The molecule has 1 rings (SSSR count). The SMILES string of the molecule is CSC1(C(N)=S)CCN(C(=O)C(C)S(C)(=O)=O)CC1. The highest BCUT2D eigenvalue weighted by molar-refractivity contribution is 8.02. The summed E-state index contributed by atoms with van der Waals surface area (Å²) in [5.74, 6) is -0.333. The topological polar surface area (TPSA) is 80.5 Å². The zero-order valence-electron chi connectivity index (χ0n) is 11.4. The molecule has 0 saturated carbocycles. The Morgan fingerprint density at radius 1 is 1.42 bits per heavy atom. The van der Waals surface area contributed by atoms with E-state index in [0.717, 1.165) is 6.26 Å². The molecule has 0 radical (unpaired) electrons. The van der Waals surface area contributed by atoms with Gasteiger partial charge in [0.25, 0.3) is 0 Å². The van der Waals surface area contributed by atoms with Crippen molar-refractivity contribution in [2.45, 2.75) is 29.8 Å². The van der Waals surface area contributed by atoms with Gasteiger partial charge in [-0.1, -0.05) is 12.2 Å². The third kappa shape index (κ3) is 3.61. The lowest BCUT2D eigenvalue weighted by molar-refractivity contribution is -0.131. The molecule has 0 bridgehead atoms. The second kappa shape index (κ2) is 5.97. The third-order valence-corrected chi connectivity index (χ3v) is 7.13. The van der Waals surface area contributed by atoms with E-state index in [4.69, 9.17) is 18.0 Å². The summed E-state index contributed by atoms with van der Waals surface area (Å²) in [6.07, 6.45) is 4.38. The Hall–Kier alpha value is -0.340. The zero-order valence-corrected chi connectivity index (χ0v) is 13.8. The van der Waals surface area contributed by atoms with Crippen molar-refractivity contribution in [2.24, 2.45) is 5.73 Å². The van der Waals surface area contributed by atoms with Crippen LogP contribution in [0.2, 0.25) is 0 Å². The van der Waals surface area contributed by atoms with E-state index in [-0.39, 0.29) is 10.7 Å². The first-order chi connectivity index (χ1) is 8.64. The van der Waals surface area contributed by atoms with Gasteiger partial charge in [-0.15, -0.1) is 0 Å². The fourth-order valence-electron chi connectivity index (χ4n) is 2.08. The van der Waals surface area contributed by atoms with Crippen molar-refractivity contribution < 1.29 is 13.2 Å². The fourth-order valence-corrected chi connectivity index (χ4v) is 3.84. The van der Waals surface area contributed by atoms with Crippen molar-refractivity contribution in [1.29, 1.82) is 0 Å². The Labute approximate surface area is 124 Å². The Morgan fingerprint density at radius 2 is 1.89 bits per heavy atom. The second-order valence-electron chi connectivity index (χ2n) is 4.86. The molecule has 1 aliphatic rings. The lowest BCUT2D eigenvalue weighted by atomic mass is 9.95. The van der Waals surface area contributed by atoms with Gasteiger partial charge in [0, 0.05) is 19.3 Å². The van der Waals surface area contributed by atoms with Crippen LogP contribution in [0.4, 0.5) is 0 Å². The monoisotopic (exact) mass is 324 g/mol. The molecule has 1 atom stereocenters. The van der Waals surface area contributed by atoms with Crippen molar-refractivity contribution in [3.63, 3.8) is 0 Å². The molecule has 0 aromatic rings. The van der Waals surface area contributed by atoms with Gasteiger partial charge >= 0.3 is 0 Å². The molecule has 0 spiro atoms. The summed E-state index contributed by atoms with van der Waals surface area (Å²) < 4.78 is 22.6. The van der Waals surface area contributed by atoms with E-state index in [1.54, 1.807) is 16.7 Å². The molecule has 0 aromatic carbocycles. The zero-order chi connectivity index (χ0) is 14.8. The van der Waals surface area contributed by atoms with Gasteiger partial charge in [-0.05, 0) is 26.0 Å². The Morgan fingerprint density at radius 3 is 2.21 bits per heavy atom. The summed E-state index contributed by atoms with van der Waals surface area (Å²) in [6.45, 7) is 2.43. The molecule has 1 unspecified atom stereocenters. The number of hydrogen-bond donors (Lipinski definition) is 1. The summed E-state index contributed by atoms with van der Waals surface area (Å²) in [6, 6.07) is 0. The molecule has 1 saturated heterocycles. The minimum absolute atomic E-state index is 0.263.